The van der Waals surface area contributed by atoms with Gasteiger partial charge in [0.15, 0.2) is 0 Å². The molecule has 3 heteroatoms. The van der Waals surface area contributed by atoms with E-state index in [1.807, 2.05) is 0 Å². The lowest BCUT2D eigenvalue weighted by atomic mass is 10.1. The number of unbranched alkanes of at least 4 members (excludes halogenated alkanes) is 4. The van der Waals surface area contributed by atoms with E-state index in [9.17, 15) is 0 Å². The van der Waals surface area contributed by atoms with Crippen molar-refractivity contribution in [2.75, 3.05) is 46.4 Å². The monoisotopic (exact) mass is 284 g/mol. The van der Waals surface area contributed by atoms with E-state index in [1.165, 1.54) is 64.7 Å². The fourth-order valence-electron chi connectivity index (χ4n) is 2.80. The number of rotatable bonds is 11. The van der Waals surface area contributed by atoms with Gasteiger partial charge in [0.1, 0.15) is 0 Å². The van der Waals surface area contributed by atoms with Crippen LogP contribution in [0.15, 0.2) is 0 Å². The Morgan fingerprint density at radius 2 is 1.65 bits per heavy atom. The largest absolute Gasteiger partial charge is 0.377 e. The van der Waals surface area contributed by atoms with Crippen LogP contribution in [0.5, 0.6) is 0 Å². The minimum Gasteiger partial charge on any atom is -0.377 e. The van der Waals surface area contributed by atoms with Crippen molar-refractivity contribution < 1.29 is 4.74 Å². The molecular weight excluding hydrogens is 248 g/mol. The zero-order valence-corrected chi connectivity index (χ0v) is 14.1. The Kier molecular flexibility index (Phi) is 10.3. The number of ether oxygens (including phenoxy) is 1. The maximum Gasteiger partial charge on any atom is 0.0597 e. The zero-order chi connectivity index (χ0) is 14.6. The van der Waals surface area contributed by atoms with Crippen LogP contribution in [0, 0.1) is 0 Å². The van der Waals surface area contributed by atoms with Gasteiger partial charge in [0.05, 0.1) is 12.7 Å². The molecule has 1 saturated heterocycles. The average molecular weight is 284 g/mol. The third-order valence-electron chi connectivity index (χ3n) is 4.44. The molecule has 3 nitrogen and oxygen atoms in total. The number of hydrogen-bond acceptors (Lipinski definition) is 3. The topological polar surface area (TPSA) is 15.7 Å². The summed E-state index contributed by atoms with van der Waals surface area (Å²) >= 11 is 0. The van der Waals surface area contributed by atoms with E-state index in [-0.39, 0.29) is 0 Å². The van der Waals surface area contributed by atoms with Gasteiger partial charge >= 0.3 is 0 Å². The van der Waals surface area contributed by atoms with E-state index < -0.39 is 0 Å². The van der Waals surface area contributed by atoms with Gasteiger partial charge in [0, 0.05) is 32.7 Å². The lowest BCUT2D eigenvalue weighted by molar-refractivity contribution is 0.0219. The first-order valence-electron chi connectivity index (χ1n) is 8.78. The predicted octanol–water partition coefficient (Wildman–Crippen LogP) is 3.39. The van der Waals surface area contributed by atoms with Crippen molar-refractivity contribution in [3.05, 3.63) is 0 Å². The predicted molar refractivity (Wildman–Crippen MR) is 87.3 cm³/mol. The van der Waals surface area contributed by atoms with Gasteiger partial charge in [0.25, 0.3) is 0 Å². The van der Waals surface area contributed by atoms with Crippen molar-refractivity contribution in [3.63, 3.8) is 0 Å². The molecule has 0 saturated carbocycles. The smallest absolute Gasteiger partial charge is 0.0597 e. The molecule has 120 valence electrons. The number of likely N-dealkylation sites (N-methyl/N-ethyl adjacent to an activating group) is 1. The molecule has 0 aromatic heterocycles. The number of piperazine rings is 1. The average Bonchev–Trinajstić information content (AvgIpc) is 2.47. The Morgan fingerprint density at radius 3 is 2.30 bits per heavy atom. The second-order valence-electron chi connectivity index (χ2n) is 6.25. The summed E-state index contributed by atoms with van der Waals surface area (Å²) in [7, 11) is 2.21. The van der Waals surface area contributed by atoms with Crippen molar-refractivity contribution in [3.8, 4) is 0 Å². The van der Waals surface area contributed by atoms with E-state index in [2.05, 4.69) is 30.7 Å². The first-order chi connectivity index (χ1) is 9.76. The Morgan fingerprint density at radius 1 is 0.950 bits per heavy atom. The second kappa shape index (κ2) is 11.5. The molecule has 1 unspecified atom stereocenters. The van der Waals surface area contributed by atoms with Crippen molar-refractivity contribution in [1.29, 1.82) is 0 Å². The van der Waals surface area contributed by atoms with E-state index in [0.29, 0.717) is 6.10 Å². The highest BCUT2D eigenvalue weighted by molar-refractivity contribution is 4.69. The van der Waals surface area contributed by atoms with Crippen LogP contribution in [0.25, 0.3) is 0 Å². The molecule has 0 radical (unpaired) electrons. The molecule has 1 aliphatic heterocycles. The molecule has 0 aromatic carbocycles. The maximum atomic E-state index is 6.07. The first kappa shape index (κ1) is 17.9. The molecule has 1 heterocycles. The molecule has 1 rings (SSSR count). The summed E-state index contributed by atoms with van der Waals surface area (Å²) in [6, 6.07) is 0. The molecule has 0 aliphatic carbocycles. The van der Waals surface area contributed by atoms with Crippen LogP contribution in [0.1, 0.15) is 58.8 Å². The Hall–Kier alpha value is -0.120. The summed E-state index contributed by atoms with van der Waals surface area (Å²) in [6.45, 7) is 11.4. The molecule has 20 heavy (non-hydrogen) atoms. The second-order valence-corrected chi connectivity index (χ2v) is 6.25. The minimum atomic E-state index is 0.490. The third kappa shape index (κ3) is 8.23. The van der Waals surface area contributed by atoms with Crippen molar-refractivity contribution in [1.82, 2.24) is 9.80 Å². The summed E-state index contributed by atoms with van der Waals surface area (Å²) in [5.74, 6) is 0. The third-order valence-corrected chi connectivity index (χ3v) is 4.44. The van der Waals surface area contributed by atoms with Crippen molar-refractivity contribution in [2.24, 2.45) is 0 Å². The summed E-state index contributed by atoms with van der Waals surface area (Å²) in [6.07, 6.45) is 9.75. The van der Waals surface area contributed by atoms with Crippen LogP contribution in [-0.2, 0) is 4.74 Å². The van der Waals surface area contributed by atoms with E-state index in [1.54, 1.807) is 0 Å². The van der Waals surface area contributed by atoms with Gasteiger partial charge in [-0.05, 0) is 19.9 Å². The molecule has 1 atom stereocenters. The van der Waals surface area contributed by atoms with Gasteiger partial charge in [-0.3, -0.25) is 4.90 Å². The van der Waals surface area contributed by atoms with Gasteiger partial charge in [-0.2, -0.15) is 0 Å². The minimum absolute atomic E-state index is 0.490. The highest BCUT2D eigenvalue weighted by atomic mass is 16.5. The molecule has 0 N–H and O–H groups in total. The fraction of sp³-hybridized carbons (Fsp3) is 1.00. The van der Waals surface area contributed by atoms with Gasteiger partial charge in [-0.1, -0.05) is 46.0 Å². The molecule has 0 amide bonds. The van der Waals surface area contributed by atoms with Crippen molar-refractivity contribution in [2.45, 2.75) is 64.9 Å². The summed E-state index contributed by atoms with van der Waals surface area (Å²) in [5, 5.41) is 0. The Balaban J connectivity index is 2.00. The van der Waals surface area contributed by atoms with Crippen LogP contribution in [-0.4, -0.2) is 62.3 Å². The highest BCUT2D eigenvalue weighted by Crippen LogP contribution is 2.12. The van der Waals surface area contributed by atoms with Crippen LogP contribution in [0.4, 0.5) is 0 Å². The summed E-state index contributed by atoms with van der Waals surface area (Å²) in [4.78, 5) is 4.94. The summed E-state index contributed by atoms with van der Waals surface area (Å²) in [5.41, 5.74) is 0. The van der Waals surface area contributed by atoms with E-state index in [0.717, 1.165) is 19.6 Å². The normalized spacial score (nSPS) is 19.4. The van der Waals surface area contributed by atoms with Gasteiger partial charge in [-0.15, -0.1) is 0 Å². The number of nitrogens with zero attached hydrogens (tertiary/aromatic N) is 2. The quantitative estimate of drug-likeness (QED) is 0.541. The fourth-order valence-corrected chi connectivity index (χ4v) is 2.80. The zero-order valence-electron chi connectivity index (χ0n) is 14.1. The van der Waals surface area contributed by atoms with Crippen molar-refractivity contribution >= 4 is 0 Å². The molecular formula is C17H36N2O. The molecule has 0 spiro atoms. The van der Waals surface area contributed by atoms with E-state index in [4.69, 9.17) is 4.74 Å². The lowest BCUT2D eigenvalue weighted by Crippen LogP contribution is -2.45. The van der Waals surface area contributed by atoms with Gasteiger partial charge in [0.2, 0.25) is 0 Å². The van der Waals surface area contributed by atoms with Crippen LogP contribution >= 0.6 is 0 Å². The lowest BCUT2D eigenvalue weighted by Gasteiger charge is -2.32. The van der Waals surface area contributed by atoms with Crippen LogP contribution in [0.3, 0.4) is 0 Å². The van der Waals surface area contributed by atoms with Gasteiger partial charge < -0.3 is 9.64 Å². The first-order valence-corrected chi connectivity index (χ1v) is 8.78. The molecule has 0 bridgehead atoms. The Labute approximate surface area is 126 Å². The highest BCUT2D eigenvalue weighted by Gasteiger charge is 2.14. The SMILES string of the molecule is CCCCCCCC(CC)OCCN1CCN(C)CC1. The van der Waals surface area contributed by atoms with Crippen LogP contribution in [0.2, 0.25) is 0 Å². The molecule has 0 aromatic rings. The molecule has 1 aliphatic rings. The van der Waals surface area contributed by atoms with Crippen LogP contribution < -0.4 is 0 Å². The number of hydrogen-bond donors (Lipinski definition) is 0. The van der Waals surface area contributed by atoms with Gasteiger partial charge in [-0.25, -0.2) is 0 Å². The van der Waals surface area contributed by atoms with E-state index >= 15 is 0 Å². The molecule has 1 fully saturated rings. The standard InChI is InChI=1S/C17H36N2O/c1-4-6-7-8-9-10-17(5-2)20-16-15-19-13-11-18(3)12-14-19/h17H,4-16H2,1-3H3. The Bertz CT molecular complexity index is 215. The summed E-state index contributed by atoms with van der Waals surface area (Å²) < 4.78 is 6.07. The maximum absolute atomic E-state index is 6.07.